The van der Waals surface area contributed by atoms with Crippen molar-refractivity contribution in [1.29, 1.82) is 0 Å². The minimum absolute atomic E-state index is 0.0840. The molecule has 0 fully saturated rings. The van der Waals surface area contributed by atoms with Crippen LogP contribution in [0, 0.1) is 17.8 Å². The van der Waals surface area contributed by atoms with Crippen LogP contribution in [0.15, 0.2) is 24.3 Å². The maximum absolute atomic E-state index is 13.1. The number of phosphoric ester groups is 2. The molecule has 100 heavy (non-hydrogen) atoms. The Morgan fingerprint density at radius 1 is 0.330 bits per heavy atom. The minimum Gasteiger partial charge on any atom is -0.462 e. The van der Waals surface area contributed by atoms with E-state index < -0.39 is 97.5 Å². The molecule has 3 N–H and O–H groups in total. The molecule has 0 aliphatic heterocycles. The second kappa shape index (κ2) is 70.8. The summed E-state index contributed by atoms with van der Waals surface area (Å²) >= 11 is 0. The summed E-state index contributed by atoms with van der Waals surface area (Å²) in [6.07, 6.45) is 61.8. The fourth-order valence-corrected chi connectivity index (χ4v) is 13.5. The Balaban J connectivity index is 5.29. The third kappa shape index (κ3) is 71.2. The predicted molar refractivity (Wildman–Crippen MR) is 409 cm³/mol. The number of ether oxygens (including phenoxy) is 4. The van der Waals surface area contributed by atoms with E-state index in [9.17, 15) is 43.2 Å². The first-order chi connectivity index (χ1) is 48.3. The van der Waals surface area contributed by atoms with Crippen molar-refractivity contribution in [3.63, 3.8) is 0 Å². The van der Waals surface area contributed by atoms with Gasteiger partial charge >= 0.3 is 39.5 Å². The summed E-state index contributed by atoms with van der Waals surface area (Å²) in [6, 6.07) is 0. The Morgan fingerprint density at radius 3 is 0.890 bits per heavy atom. The van der Waals surface area contributed by atoms with Crippen LogP contribution in [0.5, 0.6) is 0 Å². The monoisotopic (exact) mass is 1460 g/mol. The van der Waals surface area contributed by atoms with Crippen molar-refractivity contribution in [3.05, 3.63) is 24.3 Å². The van der Waals surface area contributed by atoms with Crippen LogP contribution in [0.25, 0.3) is 0 Å². The molecule has 0 aromatic heterocycles. The van der Waals surface area contributed by atoms with Gasteiger partial charge < -0.3 is 33.8 Å². The summed E-state index contributed by atoms with van der Waals surface area (Å²) in [5.74, 6) is 0.227. The molecule has 19 heteroatoms. The average molecular weight is 1460 g/mol. The molecule has 0 saturated carbocycles. The SMILES string of the molecule is CCCCCC/C=C\C=C/CCCCCCCC(=O)O[C@H](COC(=O)CCCCCCCCC(C)CC)COP(=O)(O)OC[C@H](O)COP(=O)(O)OC[C@@H](COC(=O)CCCCCCCCCCCCCCCCC(C)C)OC(=O)CCCCCCCCCCCCCCCCC(C)CC. The highest BCUT2D eigenvalue weighted by molar-refractivity contribution is 7.47. The van der Waals surface area contributed by atoms with E-state index in [1.54, 1.807) is 0 Å². The number of allylic oxidation sites excluding steroid dienone is 4. The van der Waals surface area contributed by atoms with E-state index in [4.69, 9.17) is 37.0 Å². The number of aliphatic hydroxyl groups is 1. The maximum atomic E-state index is 13.1. The van der Waals surface area contributed by atoms with Crippen molar-refractivity contribution < 1.29 is 80.2 Å². The number of hydrogen-bond donors (Lipinski definition) is 3. The molecule has 590 valence electrons. The smallest absolute Gasteiger partial charge is 0.462 e. The van der Waals surface area contributed by atoms with Gasteiger partial charge in [0.1, 0.15) is 19.3 Å². The molecule has 4 unspecified atom stereocenters. The van der Waals surface area contributed by atoms with E-state index >= 15 is 0 Å². The van der Waals surface area contributed by atoms with Gasteiger partial charge in [-0.05, 0) is 69.1 Å². The topological polar surface area (TPSA) is 237 Å². The highest BCUT2D eigenvalue weighted by Gasteiger charge is 2.30. The summed E-state index contributed by atoms with van der Waals surface area (Å²) in [6.45, 7) is 11.9. The molecule has 0 aromatic rings. The van der Waals surface area contributed by atoms with Crippen LogP contribution in [0.1, 0.15) is 395 Å². The van der Waals surface area contributed by atoms with Crippen molar-refractivity contribution >= 4 is 39.5 Å². The average Bonchev–Trinajstić information content (AvgIpc) is 0.951. The molecule has 17 nitrogen and oxygen atoms in total. The van der Waals surface area contributed by atoms with Gasteiger partial charge in [-0.1, -0.05) is 342 Å². The summed E-state index contributed by atoms with van der Waals surface area (Å²) in [7, 11) is -9.93. The van der Waals surface area contributed by atoms with Gasteiger partial charge in [-0.2, -0.15) is 0 Å². The Morgan fingerprint density at radius 2 is 0.590 bits per heavy atom. The number of aliphatic hydroxyl groups excluding tert-OH is 1. The lowest BCUT2D eigenvalue weighted by Gasteiger charge is -2.21. The van der Waals surface area contributed by atoms with Gasteiger partial charge in [0.25, 0.3) is 0 Å². The van der Waals surface area contributed by atoms with Crippen LogP contribution in [-0.4, -0.2) is 96.7 Å². The van der Waals surface area contributed by atoms with Gasteiger partial charge in [0, 0.05) is 25.7 Å². The first-order valence-electron chi connectivity index (χ1n) is 41.2. The molecule has 0 amide bonds. The lowest BCUT2D eigenvalue weighted by molar-refractivity contribution is -0.161. The summed E-state index contributed by atoms with van der Waals surface area (Å²) < 4.78 is 68.7. The minimum atomic E-state index is -4.97. The summed E-state index contributed by atoms with van der Waals surface area (Å²) in [5.41, 5.74) is 0. The quantitative estimate of drug-likeness (QED) is 0.0169. The Hall–Kier alpha value is -2.46. The third-order valence-corrected chi connectivity index (χ3v) is 20.9. The summed E-state index contributed by atoms with van der Waals surface area (Å²) in [4.78, 5) is 73.0. The van der Waals surface area contributed by atoms with Gasteiger partial charge in [0.05, 0.1) is 26.4 Å². The van der Waals surface area contributed by atoms with Gasteiger partial charge in [-0.25, -0.2) is 9.13 Å². The van der Waals surface area contributed by atoms with E-state index in [0.29, 0.717) is 25.7 Å². The zero-order valence-electron chi connectivity index (χ0n) is 65.2. The Labute approximate surface area is 612 Å². The first-order valence-corrected chi connectivity index (χ1v) is 44.2. The number of esters is 4. The van der Waals surface area contributed by atoms with Crippen molar-refractivity contribution in [2.24, 2.45) is 17.8 Å². The molecule has 0 radical (unpaired) electrons. The molecule has 0 rings (SSSR count). The Kier molecular flexibility index (Phi) is 69.1. The largest absolute Gasteiger partial charge is 0.472 e. The van der Waals surface area contributed by atoms with Gasteiger partial charge in [0.15, 0.2) is 12.2 Å². The molecule has 0 spiro atoms. The van der Waals surface area contributed by atoms with E-state index in [2.05, 4.69) is 72.8 Å². The second-order valence-corrected chi connectivity index (χ2v) is 32.3. The van der Waals surface area contributed by atoms with Crippen LogP contribution >= 0.6 is 15.6 Å². The highest BCUT2D eigenvalue weighted by Crippen LogP contribution is 2.45. The fourth-order valence-electron chi connectivity index (χ4n) is 11.9. The van der Waals surface area contributed by atoms with Crippen LogP contribution < -0.4 is 0 Å². The first kappa shape index (κ1) is 97.5. The van der Waals surface area contributed by atoms with E-state index in [-0.39, 0.29) is 25.7 Å². The fraction of sp³-hybridized carbons (Fsp3) is 0.901. The number of carbonyl (C=O) groups excluding carboxylic acids is 4. The zero-order valence-corrected chi connectivity index (χ0v) is 66.9. The molecule has 0 aromatic carbocycles. The third-order valence-electron chi connectivity index (χ3n) is 19.0. The van der Waals surface area contributed by atoms with Crippen LogP contribution in [0.2, 0.25) is 0 Å². The summed E-state index contributed by atoms with van der Waals surface area (Å²) in [5, 5.41) is 10.6. The lowest BCUT2D eigenvalue weighted by atomic mass is 9.99. The van der Waals surface area contributed by atoms with Crippen LogP contribution in [0.4, 0.5) is 0 Å². The van der Waals surface area contributed by atoms with Crippen molar-refractivity contribution in [1.82, 2.24) is 0 Å². The number of carbonyl (C=O) groups is 4. The van der Waals surface area contributed by atoms with Crippen LogP contribution in [-0.2, 0) is 65.4 Å². The van der Waals surface area contributed by atoms with Crippen LogP contribution in [0.3, 0.4) is 0 Å². The molecule has 0 heterocycles. The van der Waals surface area contributed by atoms with Crippen molar-refractivity contribution in [2.75, 3.05) is 39.6 Å². The molecule has 0 aliphatic carbocycles. The lowest BCUT2D eigenvalue weighted by Crippen LogP contribution is -2.30. The number of phosphoric acid groups is 2. The molecule has 0 bridgehead atoms. The molecule has 0 aliphatic rings. The number of rotatable bonds is 77. The normalized spacial score (nSPS) is 14.7. The van der Waals surface area contributed by atoms with E-state index in [0.717, 1.165) is 127 Å². The van der Waals surface area contributed by atoms with E-state index in [1.807, 2.05) is 0 Å². The Bertz CT molecular complexity index is 2040. The predicted octanol–water partition coefficient (Wildman–Crippen LogP) is 23.7. The molecule has 0 saturated heterocycles. The second-order valence-electron chi connectivity index (χ2n) is 29.4. The van der Waals surface area contributed by atoms with Gasteiger partial charge in [-0.3, -0.25) is 37.3 Å². The molecular weight excluding hydrogens is 1310 g/mol. The van der Waals surface area contributed by atoms with Gasteiger partial charge in [0.2, 0.25) is 0 Å². The number of hydrogen-bond acceptors (Lipinski definition) is 15. The van der Waals surface area contributed by atoms with Crippen molar-refractivity contribution in [2.45, 2.75) is 414 Å². The molecular formula is C81H154O17P2. The zero-order chi connectivity index (χ0) is 73.7. The standard InChI is InChI=1S/C81H154O17P2/c1-8-11-12-13-14-15-16-17-18-26-31-36-41-50-57-65-81(86)98-77(69-92-79(84)63-56-49-44-43-47-54-61-74(7)10-3)71-96-100(89,90)94-67-75(82)66-93-99(87,88)95-70-76(68-91-78(83)62-55-48-40-35-30-25-21-19-23-28-33-38-45-52-59-72(4)5)97-80(85)64-58-51-42-37-32-27-22-20-24-29-34-39-46-53-60-73(6)9-2/h15-18,72-77,82H,8-14,19-71H2,1-7H3,(H,87,88)(H,89,90)/b16-15-,18-17-/t73?,74?,75-,76-,77-/m1/s1. The van der Waals surface area contributed by atoms with E-state index in [1.165, 1.54) is 186 Å². The van der Waals surface area contributed by atoms with Gasteiger partial charge in [-0.15, -0.1) is 0 Å². The molecule has 7 atom stereocenters. The van der Waals surface area contributed by atoms with Crippen molar-refractivity contribution in [3.8, 4) is 0 Å². The maximum Gasteiger partial charge on any atom is 0.472 e. The highest BCUT2D eigenvalue weighted by atomic mass is 31.2. The number of unbranched alkanes of at least 4 members (excludes halogenated alkanes) is 40.